The van der Waals surface area contributed by atoms with E-state index >= 15 is 0 Å². The number of amides is 1. The molecule has 1 heterocycles. The van der Waals surface area contributed by atoms with Gasteiger partial charge in [0.1, 0.15) is 0 Å². The summed E-state index contributed by atoms with van der Waals surface area (Å²) in [5.74, 6) is 0.0987. The molecule has 1 rings (SSSR count). The molecular weight excluding hydrogens is 250 g/mol. The van der Waals surface area contributed by atoms with E-state index in [1.807, 2.05) is 0 Å². The standard InChI is InChI=1S/C16H33N3O/c1-15(2,3)13(17)11-14(20)18-12-7-9-19(10-8-12)16(4,5)6/h12-13H,7-11,17H2,1-6H3,(H,18,20). The zero-order chi connectivity index (χ0) is 15.6. The lowest BCUT2D eigenvalue weighted by atomic mass is 9.85. The van der Waals surface area contributed by atoms with Crippen LogP contribution in [0.15, 0.2) is 0 Å². The Bertz CT molecular complexity index is 320. The predicted octanol–water partition coefficient (Wildman–Crippen LogP) is 2.13. The molecule has 1 amide bonds. The summed E-state index contributed by atoms with van der Waals surface area (Å²) in [7, 11) is 0. The zero-order valence-corrected chi connectivity index (χ0v) is 14.1. The molecule has 3 N–H and O–H groups in total. The van der Waals surface area contributed by atoms with Crippen molar-refractivity contribution in [2.24, 2.45) is 11.1 Å². The molecule has 118 valence electrons. The van der Waals surface area contributed by atoms with E-state index in [9.17, 15) is 4.79 Å². The highest BCUT2D eigenvalue weighted by Gasteiger charge is 2.28. The zero-order valence-electron chi connectivity index (χ0n) is 14.1. The minimum atomic E-state index is -0.0860. The number of likely N-dealkylation sites (tertiary alicyclic amines) is 1. The fourth-order valence-corrected chi connectivity index (χ4v) is 2.49. The van der Waals surface area contributed by atoms with Gasteiger partial charge in [-0.05, 0) is 39.0 Å². The van der Waals surface area contributed by atoms with Gasteiger partial charge in [-0.2, -0.15) is 0 Å². The van der Waals surface area contributed by atoms with E-state index < -0.39 is 0 Å². The number of rotatable bonds is 3. The summed E-state index contributed by atoms with van der Waals surface area (Å²) in [6.45, 7) is 15.1. The topological polar surface area (TPSA) is 58.4 Å². The first-order valence-corrected chi connectivity index (χ1v) is 7.80. The fourth-order valence-electron chi connectivity index (χ4n) is 2.49. The second-order valence-corrected chi connectivity index (χ2v) is 8.18. The summed E-state index contributed by atoms with van der Waals surface area (Å²) < 4.78 is 0. The largest absolute Gasteiger partial charge is 0.353 e. The Morgan fingerprint density at radius 2 is 1.70 bits per heavy atom. The first-order chi connectivity index (χ1) is 9.00. The van der Waals surface area contributed by atoms with Crippen LogP contribution in [0.4, 0.5) is 0 Å². The normalized spacial score (nSPS) is 20.8. The van der Waals surface area contributed by atoms with Crippen molar-refractivity contribution in [2.45, 2.75) is 78.4 Å². The fraction of sp³-hybridized carbons (Fsp3) is 0.938. The first kappa shape index (κ1) is 17.4. The maximum absolute atomic E-state index is 12.0. The van der Waals surface area contributed by atoms with Gasteiger partial charge < -0.3 is 11.1 Å². The number of hydrogen-bond acceptors (Lipinski definition) is 3. The van der Waals surface area contributed by atoms with Crippen LogP contribution < -0.4 is 11.1 Å². The molecule has 0 radical (unpaired) electrons. The van der Waals surface area contributed by atoms with Crippen LogP contribution in [0.5, 0.6) is 0 Å². The highest BCUT2D eigenvalue weighted by Crippen LogP contribution is 2.21. The van der Waals surface area contributed by atoms with Crippen molar-refractivity contribution < 1.29 is 4.79 Å². The lowest BCUT2D eigenvalue weighted by Crippen LogP contribution is -2.51. The van der Waals surface area contributed by atoms with Gasteiger partial charge in [-0.3, -0.25) is 9.69 Å². The average molecular weight is 283 g/mol. The van der Waals surface area contributed by atoms with E-state index in [-0.39, 0.29) is 22.9 Å². The van der Waals surface area contributed by atoms with Crippen molar-refractivity contribution in [3.63, 3.8) is 0 Å². The molecule has 0 bridgehead atoms. The van der Waals surface area contributed by atoms with Crippen LogP contribution in [0.1, 0.15) is 60.8 Å². The molecule has 0 aromatic carbocycles. The van der Waals surface area contributed by atoms with E-state index in [0.29, 0.717) is 12.5 Å². The highest BCUT2D eigenvalue weighted by atomic mass is 16.1. The van der Waals surface area contributed by atoms with Crippen molar-refractivity contribution in [3.8, 4) is 0 Å². The monoisotopic (exact) mass is 283 g/mol. The molecule has 1 saturated heterocycles. The third-order valence-electron chi connectivity index (χ3n) is 4.33. The van der Waals surface area contributed by atoms with Crippen LogP contribution in [0.25, 0.3) is 0 Å². The summed E-state index contributed by atoms with van der Waals surface area (Å²) in [4.78, 5) is 14.5. The Morgan fingerprint density at radius 1 is 1.20 bits per heavy atom. The van der Waals surface area contributed by atoms with Crippen molar-refractivity contribution in [2.75, 3.05) is 13.1 Å². The molecule has 1 fully saturated rings. The first-order valence-electron chi connectivity index (χ1n) is 7.80. The molecule has 4 nitrogen and oxygen atoms in total. The van der Waals surface area contributed by atoms with E-state index in [4.69, 9.17) is 5.73 Å². The molecule has 1 atom stereocenters. The molecule has 20 heavy (non-hydrogen) atoms. The van der Waals surface area contributed by atoms with Crippen LogP contribution in [-0.2, 0) is 4.79 Å². The molecule has 1 aliphatic heterocycles. The van der Waals surface area contributed by atoms with Crippen molar-refractivity contribution >= 4 is 5.91 Å². The Hall–Kier alpha value is -0.610. The van der Waals surface area contributed by atoms with E-state index in [0.717, 1.165) is 25.9 Å². The summed E-state index contributed by atoms with van der Waals surface area (Å²) in [5.41, 5.74) is 6.27. The van der Waals surface area contributed by atoms with Crippen LogP contribution in [0, 0.1) is 5.41 Å². The van der Waals surface area contributed by atoms with Crippen LogP contribution in [-0.4, -0.2) is 41.5 Å². The Labute approximate surface area is 124 Å². The van der Waals surface area contributed by atoms with E-state index in [1.165, 1.54) is 0 Å². The van der Waals surface area contributed by atoms with Crippen LogP contribution >= 0.6 is 0 Å². The van der Waals surface area contributed by atoms with Crippen molar-refractivity contribution in [3.05, 3.63) is 0 Å². The predicted molar refractivity (Wildman–Crippen MR) is 84.5 cm³/mol. The lowest BCUT2D eigenvalue weighted by Gasteiger charge is -2.41. The number of piperidine rings is 1. The summed E-state index contributed by atoms with van der Waals surface area (Å²) in [6.07, 6.45) is 2.49. The summed E-state index contributed by atoms with van der Waals surface area (Å²) in [6, 6.07) is 0.227. The molecule has 0 saturated carbocycles. The maximum atomic E-state index is 12.0. The van der Waals surface area contributed by atoms with Crippen LogP contribution in [0.3, 0.4) is 0 Å². The smallest absolute Gasteiger partial charge is 0.221 e. The van der Waals surface area contributed by atoms with E-state index in [1.54, 1.807) is 0 Å². The second kappa shape index (κ2) is 6.44. The molecule has 1 aliphatic rings. The Balaban J connectivity index is 2.35. The number of nitrogens with zero attached hydrogens (tertiary/aromatic N) is 1. The SMILES string of the molecule is CC(C)(C)C(N)CC(=O)NC1CCN(C(C)(C)C)CC1. The number of nitrogens with two attached hydrogens (primary N) is 1. The van der Waals surface area contributed by atoms with Gasteiger partial charge >= 0.3 is 0 Å². The molecule has 1 unspecified atom stereocenters. The molecule has 0 aliphatic carbocycles. The second-order valence-electron chi connectivity index (χ2n) is 8.18. The van der Waals surface area contributed by atoms with Gasteiger partial charge in [-0.1, -0.05) is 20.8 Å². The van der Waals surface area contributed by atoms with Crippen LogP contribution in [0.2, 0.25) is 0 Å². The number of nitrogens with one attached hydrogen (secondary N) is 1. The molecular formula is C16H33N3O. The molecule has 4 heteroatoms. The van der Waals surface area contributed by atoms with Gasteiger partial charge in [-0.25, -0.2) is 0 Å². The minimum absolute atomic E-state index is 0.0209. The third kappa shape index (κ3) is 5.41. The minimum Gasteiger partial charge on any atom is -0.353 e. The van der Waals surface area contributed by atoms with Gasteiger partial charge in [0.25, 0.3) is 0 Å². The Morgan fingerprint density at radius 3 is 2.10 bits per heavy atom. The lowest BCUT2D eigenvalue weighted by molar-refractivity contribution is -0.123. The van der Waals surface area contributed by atoms with Gasteiger partial charge in [0.15, 0.2) is 0 Å². The van der Waals surface area contributed by atoms with Gasteiger partial charge in [0.05, 0.1) is 0 Å². The third-order valence-corrected chi connectivity index (χ3v) is 4.33. The highest BCUT2D eigenvalue weighted by molar-refractivity contribution is 5.77. The maximum Gasteiger partial charge on any atom is 0.221 e. The van der Waals surface area contributed by atoms with Gasteiger partial charge in [0, 0.05) is 37.1 Å². The Kier molecular flexibility index (Phi) is 5.61. The summed E-state index contributed by atoms with van der Waals surface area (Å²) in [5, 5.41) is 3.15. The molecule has 0 aromatic rings. The molecule has 0 aromatic heterocycles. The van der Waals surface area contributed by atoms with E-state index in [2.05, 4.69) is 51.8 Å². The quantitative estimate of drug-likeness (QED) is 0.834. The van der Waals surface area contributed by atoms with Crippen molar-refractivity contribution in [1.82, 2.24) is 10.2 Å². The number of hydrogen-bond donors (Lipinski definition) is 2. The average Bonchev–Trinajstić information content (AvgIpc) is 2.26. The van der Waals surface area contributed by atoms with Crippen molar-refractivity contribution in [1.29, 1.82) is 0 Å². The number of carbonyl (C=O) groups is 1. The number of carbonyl (C=O) groups excluding carboxylic acids is 1. The summed E-state index contributed by atoms with van der Waals surface area (Å²) >= 11 is 0. The van der Waals surface area contributed by atoms with Gasteiger partial charge in [-0.15, -0.1) is 0 Å². The molecule has 0 spiro atoms. The van der Waals surface area contributed by atoms with Gasteiger partial charge in [0.2, 0.25) is 5.91 Å².